The summed E-state index contributed by atoms with van der Waals surface area (Å²) in [5, 5.41) is 5.21. The van der Waals surface area contributed by atoms with Gasteiger partial charge in [0, 0.05) is 16.3 Å². The highest BCUT2D eigenvalue weighted by Gasteiger charge is 2.15. The number of aromatic nitrogens is 2. The van der Waals surface area contributed by atoms with Crippen molar-refractivity contribution in [3.05, 3.63) is 51.8 Å². The molecule has 0 radical (unpaired) electrons. The molecule has 0 bridgehead atoms. The third kappa shape index (κ3) is 3.20. The maximum absolute atomic E-state index is 11.4. The number of ether oxygens (including phenoxy) is 1. The van der Waals surface area contributed by atoms with Gasteiger partial charge in [-0.3, -0.25) is 9.48 Å². The molecule has 106 valence electrons. The van der Waals surface area contributed by atoms with Crippen molar-refractivity contribution in [3.8, 4) is 0 Å². The summed E-state index contributed by atoms with van der Waals surface area (Å²) in [7, 11) is 1.39. The number of hydrogen-bond acceptors (Lipinski definition) is 3. The van der Waals surface area contributed by atoms with Gasteiger partial charge in [0.15, 0.2) is 0 Å². The van der Waals surface area contributed by atoms with Gasteiger partial charge in [-0.05, 0) is 31.5 Å². The SMILES string of the molecule is COC(=O)Cc1c(C)nn(Cc2ccc(Cl)cc2)c1C. The summed E-state index contributed by atoms with van der Waals surface area (Å²) in [5.41, 5.74) is 3.90. The second-order valence-electron chi connectivity index (χ2n) is 4.69. The molecule has 5 heteroatoms. The second-order valence-corrected chi connectivity index (χ2v) is 5.12. The normalized spacial score (nSPS) is 10.6. The molecule has 0 atom stereocenters. The van der Waals surface area contributed by atoms with Gasteiger partial charge in [-0.15, -0.1) is 0 Å². The highest BCUT2D eigenvalue weighted by atomic mass is 35.5. The zero-order valence-corrected chi connectivity index (χ0v) is 12.6. The average Bonchev–Trinajstić information content (AvgIpc) is 2.69. The van der Waals surface area contributed by atoms with Crippen molar-refractivity contribution in [2.45, 2.75) is 26.8 Å². The molecular formula is C15H17ClN2O2. The van der Waals surface area contributed by atoms with Crippen LogP contribution in [0.1, 0.15) is 22.5 Å². The minimum Gasteiger partial charge on any atom is -0.469 e. The summed E-state index contributed by atoms with van der Waals surface area (Å²) in [4.78, 5) is 11.4. The van der Waals surface area contributed by atoms with Gasteiger partial charge >= 0.3 is 5.97 Å². The lowest BCUT2D eigenvalue weighted by molar-refractivity contribution is -0.139. The van der Waals surface area contributed by atoms with Crippen molar-refractivity contribution < 1.29 is 9.53 Å². The molecule has 20 heavy (non-hydrogen) atoms. The highest BCUT2D eigenvalue weighted by Crippen LogP contribution is 2.17. The van der Waals surface area contributed by atoms with Crippen LogP contribution in [0.15, 0.2) is 24.3 Å². The predicted molar refractivity (Wildman–Crippen MR) is 78.0 cm³/mol. The Bertz CT molecular complexity index is 618. The van der Waals surface area contributed by atoms with Crippen LogP contribution >= 0.6 is 11.6 Å². The molecule has 2 aromatic rings. The summed E-state index contributed by atoms with van der Waals surface area (Å²) in [6.45, 7) is 4.53. The molecule has 4 nitrogen and oxygen atoms in total. The first-order valence-electron chi connectivity index (χ1n) is 6.35. The zero-order chi connectivity index (χ0) is 14.7. The largest absolute Gasteiger partial charge is 0.469 e. The molecule has 0 saturated heterocycles. The molecule has 2 rings (SSSR count). The number of methoxy groups -OCH3 is 1. The highest BCUT2D eigenvalue weighted by molar-refractivity contribution is 6.30. The minimum atomic E-state index is -0.248. The Morgan fingerprint density at radius 2 is 1.95 bits per heavy atom. The summed E-state index contributed by atoms with van der Waals surface area (Å²) in [6, 6.07) is 7.66. The van der Waals surface area contributed by atoms with E-state index >= 15 is 0 Å². The fraction of sp³-hybridized carbons (Fsp3) is 0.333. The average molecular weight is 293 g/mol. The lowest BCUT2D eigenvalue weighted by atomic mass is 10.1. The van der Waals surface area contributed by atoms with Gasteiger partial charge in [0.05, 0.1) is 25.8 Å². The van der Waals surface area contributed by atoms with Gasteiger partial charge in [-0.2, -0.15) is 5.10 Å². The van der Waals surface area contributed by atoms with Crippen LogP contribution in [0.2, 0.25) is 5.02 Å². The van der Waals surface area contributed by atoms with Gasteiger partial charge in [0.1, 0.15) is 0 Å². The fourth-order valence-corrected chi connectivity index (χ4v) is 2.25. The van der Waals surface area contributed by atoms with E-state index in [1.54, 1.807) is 0 Å². The standard InChI is InChI=1S/C15H17ClN2O2/c1-10-14(8-15(19)20-3)11(2)18(17-10)9-12-4-6-13(16)7-5-12/h4-7H,8-9H2,1-3H3. The van der Waals surface area contributed by atoms with Crippen LogP contribution in [0.3, 0.4) is 0 Å². The number of esters is 1. The first-order chi connectivity index (χ1) is 9.51. The molecule has 0 aliphatic heterocycles. The minimum absolute atomic E-state index is 0.248. The summed E-state index contributed by atoms with van der Waals surface area (Å²) in [5.74, 6) is -0.248. The van der Waals surface area contributed by atoms with Crippen LogP contribution in [-0.4, -0.2) is 22.9 Å². The van der Waals surface area contributed by atoms with Crippen molar-refractivity contribution >= 4 is 17.6 Å². The van der Waals surface area contributed by atoms with E-state index in [-0.39, 0.29) is 12.4 Å². The van der Waals surface area contributed by atoms with Gasteiger partial charge in [0.25, 0.3) is 0 Å². The quantitative estimate of drug-likeness (QED) is 0.814. The van der Waals surface area contributed by atoms with Crippen molar-refractivity contribution in [2.24, 2.45) is 0 Å². The Balaban J connectivity index is 2.23. The third-order valence-electron chi connectivity index (χ3n) is 3.33. The smallest absolute Gasteiger partial charge is 0.310 e. The molecular weight excluding hydrogens is 276 g/mol. The first kappa shape index (κ1) is 14.6. The van der Waals surface area contributed by atoms with E-state index in [1.165, 1.54) is 7.11 Å². The van der Waals surface area contributed by atoms with Gasteiger partial charge in [-0.1, -0.05) is 23.7 Å². The number of nitrogens with zero attached hydrogens (tertiary/aromatic N) is 2. The molecule has 0 unspecified atom stereocenters. The van der Waals surface area contributed by atoms with Crippen LogP contribution in [0.4, 0.5) is 0 Å². The molecule has 0 spiro atoms. The van der Waals surface area contributed by atoms with E-state index in [4.69, 9.17) is 16.3 Å². The van der Waals surface area contributed by atoms with E-state index in [2.05, 4.69) is 5.10 Å². The fourth-order valence-electron chi connectivity index (χ4n) is 2.12. The number of halogens is 1. The van der Waals surface area contributed by atoms with Gasteiger partial charge in [-0.25, -0.2) is 0 Å². The molecule has 1 aromatic heterocycles. The van der Waals surface area contributed by atoms with Crippen molar-refractivity contribution in [1.29, 1.82) is 0 Å². The van der Waals surface area contributed by atoms with E-state index < -0.39 is 0 Å². The number of rotatable bonds is 4. The number of carbonyl (C=O) groups is 1. The van der Waals surface area contributed by atoms with Gasteiger partial charge < -0.3 is 4.74 Å². The Kier molecular flexibility index (Phi) is 4.45. The van der Waals surface area contributed by atoms with Crippen LogP contribution in [0, 0.1) is 13.8 Å². The number of aryl methyl sites for hydroxylation is 1. The summed E-state index contributed by atoms with van der Waals surface area (Å²) in [6.07, 6.45) is 0.259. The van der Waals surface area contributed by atoms with Crippen LogP contribution in [0.5, 0.6) is 0 Å². The number of carbonyl (C=O) groups excluding carboxylic acids is 1. The summed E-state index contributed by atoms with van der Waals surface area (Å²) < 4.78 is 6.61. The third-order valence-corrected chi connectivity index (χ3v) is 3.58. The Hall–Kier alpha value is -1.81. The Morgan fingerprint density at radius 1 is 1.30 bits per heavy atom. The topological polar surface area (TPSA) is 44.1 Å². The Labute approximate surface area is 123 Å². The maximum Gasteiger partial charge on any atom is 0.310 e. The summed E-state index contributed by atoms with van der Waals surface area (Å²) >= 11 is 5.87. The van der Waals surface area contributed by atoms with E-state index in [0.717, 1.165) is 22.5 Å². The number of hydrogen-bond donors (Lipinski definition) is 0. The Morgan fingerprint density at radius 3 is 2.55 bits per heavy atom. The first-order valence-corrected chi connectivity index (χ1v) is 6.73. The lowest BCUT2D eigenvalue weighted by Crippen LogP contribution is -2.07. The molecule has 0 N–H and O–H groups in total. The van der Waals surface area contributed by atoms with Crippen LogP contribution in [0.25, 0.3) is 0 Å². The van der Waals surface area contributed by atoms with Crippen molar-refractivity contribution in [2.75, 3.05) is 7.11 Å². The molecule has 1 aromatic carbocycles. The molecule has 0 amide bonds. The maximum atomic E-state index is 11.4. The molecule has 1 heterocycles. The van der Waals surface area contributed by atoms with Crippen LogP contribution in [-0.2, 0) is 22.5 Å². The number of benzene rings is 1. The van der Waals surface area contributed by atoms with Crippen LogP contribution < -0.4 is 0 Å². The van der Waals surface area contributed by atoms with Crippen molar-refractivity contribution in [1.82, 2.24) is 9.78 Å². The van der Waals surface area contributed by atoms with Gasteiger partial charge in [0.2, 0.25) is 0 Å². The molecule has 0 aliphatic rings. The van der Waals surface area contributed by atoms with E-state index in [9.17, 15) is 4.79 Å². The molecule has 0 aliphatic carbocycles. The zero-order valence-electron chi connectivity index (χ0n) is 11.8. The second kappa shape index (κ2) is 6.09. The monoisotopic (exact) mass is 292 g/mol. The predicted octanol–water partition coefficient (Wildman–Crippen LogP) is 2.92. The molecule has 0 fully saturated rings. The van der Waals surface area contributed by atoms with E-state index in [1.807, 2.05) is 42.8 Å². The van der Waals surface area contributed by atoms with E-state index in [0.29, 0.717) is 11.6 Å². The lowest BCUT2D eigenvalue weighted by Gasteiger charge is -2.06. The molecule has 0 saturated carbocycles. The van der Waals surface area contributed by atoms with Crippen molar-refractivity contribution in [3.63, 3.8) is 0 Å².